The molecular formula is C17H22ClN3O6. The van der Waals surface area contributed by atoms with Crippen LogP contribution in [0.1, 0.15) is 37.6 Å². The van der Waals surface area contributed by atoms with Crippen molar-refractivity contribution in [3.05, 3.63) is 32.8 Å². The molecule has 2 amide bonds. The highest BCUT2D eigenvalue weighted by Crippen LogP contribution is 2.36. The van der Waals surface area contributed by atoms with Gasteiger partial charge in [0.25, 0.3) is 5.69 Å². The molecule has 0 aromatic heterocycles. The molecular weight excluding hydrogens is 378 g/mol. The lowest BCUT2D eigenvalue weighted by atomic mass is 10.1. The third-order valence-electron chi connectivity index (χ3n) is 3.91. The summed E-state index contributed by atoms with van der Waals surface area (Å²) in [4.78, 5) is 35.4. The van der Waals surface area contributed by atoms with Gasteiger partial charge in [0.2, 0.25) is 5.91 Å². The van der Waals surface area contributed by atoms with E-state index in [1.54, 1.807) is 25.7 Å². The first-order chi connectivity index (χ1) is 12.5. The maximum absolute atomic E-state index is 12.1. The van der Waals surface area contributed by atoms with Crippen LogP contribution < -0.4 is 10.5 Å². The predicted octanol–water partition coefficient (Wildman–Crippen LogP) is 2.98. The quantitative estimate of drug-likeness (QED) is 0.599. The number of primary amides is 1. The molecule has 1 aliphatic heterocycles. The van der Waals surface area contributed by atoms with Crippen molar-refractivity contribution in [2.45, 2.75) is 32.8 Å². The van der Waals surface area contributed by atoms with Crippen LogP contribution in [0.25, 0.3) is 0 Å². The Morgan fingerprint density at radius 3 is 2.63 bits per heavy atom. The maximum atomic E-state index is 12.1. The number of carbonyl (C=O) groups is 2. The smallest absolute Gasteiger partial charge is 0.410 e. The number of nitro benzene ring substituents is 1. The molecule has 9 nitrogen and oxygen atoms in total. The van der Waals surface area contributed by atoms with Gasteiger partial charge in [-0.2, -0.15) is 0 Å². The summed E-state index contributed by atoms with van der Waals surface area (Å²) < 4.78 is 10.9. The Morgan fingerprint density at radius 1 is 1.41 bits per heavy atom. The Kier molecular flexibility index (Phi) is 6.15. The number of benzene rings is 1. The Bertz CT molecular complexity index is 762. The van der Waals surface area contributed by atoms with E-state index in [0.717, 1.165) is 6.07 Å². The minimum absolute atomic E-state index is 0.00451. The van der Waals surface area contributed by atoms with Gasteiger partial charge in [-0.3, -0.25) is 14.9 Å². The molecule has 1 fully saturated rings. The highest BCUT2D eigenvalue weighted by Gasteiger charge is 2.30. The molecule has 0 spiro atoms. The average Bonchev–Trinajstić information content (AvgIpc) is 3.00. The molecule has 2 N–H and O–H groups in total. The Morgan fingerprint density at radius 2 is 2.07 bits per heavy atom. The summed E-state index contributed by atoms with van der Waals surface area (Å²) >= 11 is 6.01. The first-order valence-corrected chi connectivity index (χ1v) is 8.74. The van der Waals surface area contributed by atoms with Gasteiger partial charge >= 0.3 is 6.09 Å². The summed E-state index contributed by atoms with van der Waals surface area (Å²) in [7, 11) is 0. The standard InChI is InChI=1S/C17H22ClN3O6/c1-17(2,3)27-16(23)20-5-4-10(8-20)9-26-13-7-11(15(19)22)6-12(14(13)18)21(24)25/h6-7,10H,4-5,8-9H2,1-3H3,(H2,19,22). The lowest BCUT2D eigenvalue weighted by molar-refractivity contribution is -0.384. The average molecular weight is 400 g/mol. The van der Waals surface area contributed by atoms with Crippen molar-refractivity contribution in [3.63, 3.8) is 0 Å². The summed E-state index contributed by atoms with van der Waals surface area (Å²) in [5.41, 5.74) is 4.11. The molecule has 1 aliphatic rings. The van der Waals surface area contributed by atoms with Crippen molar-refractivity contribution < 1.29 is 24.0 Å². The second-order valence-electron chi connectivity index (χ2n) is 7.32. The van der Waals surface area contributed by atoms with E-state index in [9.17, 15) is 19.7 Å². The number of carbonyl (C=O) groups excluding carboxylic acids is 2. The fourth-order valence-corrected chi connectivity index (χ4v) is 2.86. The van der Waals surface area contributed by atoms with E-state index in [1.807, 2.05) is 0 Å². The number of nitro groups is 1. The minimum Gasteiger partial charge on any atom is -0.491 e. The number of ether oxygens (including phenoxy) is 2. The second-order valence-corrected chi connectivity index (χ2v) is 7.70. The molecule has 27 heavy (non-hydrogen) atoms. The molecule has 0 saturated carbocycles. The van der Waals surface area contributed by atoms with Gasteiger partial charge in [0.05, 0.1) is 11.5 Å². The van der Waals surface area contributed by atoms with Crippen molar-refractivity contribution in [1.82, 2.24) is 4.90 Å². The van der Waals surface area contributed by atoms with Gasteiger partial charge < -0.3 is 20.1 Å². The maximum Gasteiger partial charge on any atom is 0.410 e. The molecule has 10 heteroatoms. The van der Waals surface area contributed by atoms with E-state index in [0.29, 0.717) is 19.5 Å². The van der Waals surface area contributed by atoms with Crippen LogP contribution >= 0.6 is 11.6 Å². The van der Waals surface area contributed by atoms with Crippen LogP contribution in [0.3, 0.4) is 0 Å². The lowest BCUT2D eigenvalue weighted by Gasteiger charge is -2.24. The van der Waals surface area contributed by atoms with Crippen molar-refractivity contribution >= 4 is 29.3 Å². The van der Waals surface area contributed by atoms with Crippen molar-refractivity contribution in [3.8, 4) is 5.75 Å². The first-order valence-electron chi connectivity index (χ1n) is 8.36. The Labute approximate surface area is 161 Å². The number of nitrogens with zero attached hydrogens (tertiary/aromatic N) is 2. The minimum atomic E-state index is -0.823. The van der Waals surface area contributed by atoms with Crippen LogP contribution in [0.5, 0.6) is 5.75 Å². The summed E-state index contributed by atoms with van der Waals surface area (Å²) in [6.07, 6.45) is 0.295. The zero-order valence-electron chi connectivity index (χ0n) is 15.4. The van der Waals surface area contributed by atoms with E-state index in [2.05, 4.69) is 0 Å². The molecule has 1 aromatic rings. The molecule has 0 radical (unpaired) electrons. The van der Waals surface area contributed by atoms with E-state index in [4.69, 9.17) is 26.8 Å². The van der Waals surface area contributed by atoms with Gasteiger partial charge in [0, 0.05) is 30.6 Å². The molecule has 2 rings (SSSR count). The van der Waals surface area contributed by atoms with E-state index in [-0.39, 0.29) is 28.9 Å². The van der Waals surface area contributed by atoms with Gasteiger partial charge in [-0.15, -0.1) is 0 Å². The van der Waals surface area contributed by atoms with Crippen LogP contribution in [0.15, 0.2) is 12.1 Å². The number of hydrogen-bond acceptors (Lipinski definition) is 6. The third kappa shape index (κ3) is 5.46. The van der Waals surface area contributed by atoms with E-state index < -0.39 is 28.2 Å². The van der Waals surface area contributed by atoms with E-state index >= 15 is 0 Å². The van der Waals surface area contributed by atoms with Crippen LogP contribution in [0, 0.1) is 16.0 Å². The predicted molar refractivity (Wildman–Crippen MR) is 98.0 cm³/mol. The fraction of sp³-hybridized carbons (Fsp3) is 0.529. The number of rotatable bonds is 5. The highest BCUT2D eigenvalue weighted by atomic mass is 35.5. The van der Waals surface area contributed by atoms with Crippen LogP contribution in [-0.2, 0) is 4.74 Å². The summed E-state index contributed by atoms with van der Waals surface area (Å²) in [6, 6.07) is 2.29. The fourth-order valence-electron chi connectivity index (χ4n) is 2.63. The molecule has 0 bridgehead atoms. The zero-order chi connectivity index (χ0) is 20.4. The summed E-state index contributed by atoms with van der Waals surface area (Å²) in [6.45, 7) is 6.52. The number of amides is 2. The van der Waals surface area contributed by atoms with Crippen molar-refractivity contribution in [2.24, 2.45) is 11.7 Å². The number of likely N-dealkylation sites (tertiary alicyclic amines) is 1. The van der Waals surface area contributed by atoms with Gasteiger partial charge in [0.15, 0.2) is 5.02 Å². The van der Waals surface area contributed by atoms with E-state index in [1.165, 1.54) is 6.07 Å². The molecule has 0 aliphatic carbocycles. The second kappa shape index (κ2) is 7.99. The number of halogens is 1. The first kappa shape index (κ1) is 20.8. The van der Waals surface area contributed by atoms with Gasteiger partial charge in [-0.1, -0.05) is 11.6 Å². The highest BCUT2D eigenvalue weighted by molar-refractivity contribution is 6.34. The lowest BCUT2D eigenvalue weighted by Crippen LogP contribution is -2.35. The monoisotopic (exact) mass is 399 g/mol. The SMILES string of the molecule is CC(C)(C)OC(=O)N1CCC(COc2cc(C(N)=O)cc([N+](=O)[O-])c2Cl)C1. The normalized spacial score (nSPS) is 16.9. The third-order valence-corrected chi connectivity index (χ3v) is 4.29. The topological polar surface area (TPSA) is 125 Å². The molecule has 1 aromatic carbocycles. The largest absolute Gasteiger partial charge is 0.491 e. The van der Waals surface area contributed by atoms with Gasteiger partial charge in [-0.05, 0) is 33.3 Å². The summed E-state index contributed by atoms with van der Waals surface area (Å²) in [5.74, 6) is -0.808. The van der Waals surface area contributed by atoms with Crippen LogP contribution in [-0.4, -0.2) is 47.1 Å². The van der Waals surface area contributed by atoms with Crippen LogP contribution in [0.4, 0.5) is 10.5 Å². The van der Waals surface area contributed by atoms with Crippen LogP contribution in [0.2, 0.25) is 5.02 Å². The van der Waals surface area contributed by atoms with Crippen molar-refractivity contribution in [2.75, 3.05) is 19.7 Å². The Balaban J connectivity index is 2.04. The zero-order valence-corrected chi connectivity index (χ0v) is 16.1. The molecule has 1 saturated heterocycles. The van der Waals surface area contributed by atoms with Crippen molar-refractivity contribution in [1.29, 1.82) is 0 Å². The number of hydrogen-bond donors (Lipinski definition) is 1. The van der Waals surface area contributed by atoms with Gasteiger partial charge in [0.1, 0.15) is 11.4 Å². The molecule has 1 atom stereocenters. The Hall–Kier alpha value is -2.55. The molecule has 148 valence electrons. The number of nitrogens with two attached hydrogens (primary N) is 1. The van der Waals surface area contributed by atoms with Gasteiger partial charge in [-0.25, -0.2) is 4.79 Å². The molecule has 1 unspecified atom stereocenters. The molecule has 1 heterocycles. The summed E-state index contributed by atoms with van der Waals surface area (Å²) in [5, 5.41) is 10.9.